The first-order valence-electron chi connectivity index (χ1n) is 7.54. The van der Waals surface area contributed by atoms with Crippen molar-refractivity contribution in [3.8, 4) is 0 Å². The number of nitrogens with one attached hydrogen (secondary N) is 1. The maximum atomic E-state index is 5.16. The number of benzene rings is 2. The lowest BCUT2D eigenvalue weighted by Gasteiger charge is -2.19. The molecular weight excluding hydrogens is 246 g/mol. The first-order chi connectivity index (χ1) is 9.85. The summed E-state index contributed by atoms with van der Waals surface area (Å²) in [5.74, 6) is 0. The number of hydrogen-bond donors (Lipinski definition) is 1. The lowest BCUT2D eigenvalue weighted by Crippen LogP contribution is -2.31. The minimum atomic E-state index is 0.529. The van der Waals surface area contributed by atoms with Crippen LogP contribution >= 0.6 is 0 Å². The Bertz CT molecular complexity index is 518. The fourth-order valence-electron chi connectivity index (χ4n) is 2.77. The van der Waals surface area contributed by atoms with E-state index in [-0.39, 0.29) is 0 Å². The van der Waals surface area contributed by atoms with Crippen LogP contribution in [0, 0.1) is 0 Å². The van der Waals surface area contributed by atoms with E-state index in [0.717, 1.165) is 32.4 Å². The molecule has 2 heteroatoms. The molecule has 0 bridgehead atoms. The fraction of sp³-hybridized carbons (Fsp3) is 0.444. The van der Waals surface area contributed by atoms with E-state index >= 15 is 0 Å². The largest absolute Gasteiger partial charge is 0.385 e. The summed E-state index contributed by atoms with van der Waals surface area (Å²) in [4.78, 5) is 0. The highest BCUT2D eigenvalue weighted by molar-refractivity contribution is 5.85. The molecule has 2 aromatic rings. The van der Waals surface area contributed by atoms with Crippen molar-refractivity contribution >= 4 is 10.8 Å². The Morgan fingerprint density at radius 1 is 1.10 bits per heavy atom. The third-order valence-electron chi connectivity index (χ3n) is 3.74. The lowest BCUT2D eigenvalue weighted by atomic mass is 9.96. The first kappa shape index (κ1) is 15.0. The number of fused-ring (bicyclic) bond motifs is 1. The zero-order valence-corrected chi connectivity index (χ0v) is 12.6. The van der Waals surface area contributed by atoms with E-state index in [4.69, 9.17) is 4.74 Å². The van der Waals surface area contributed by atoms with Gasteiger partial charge in [0.2, 0.25) is 0 Å². The predicted molar refractivity (Wildman–Crippen MR) is 86.2 cm³/mol. The number of rotatable bonds is 8. The Kier molecular flexibility index (Phi) is 6.03. The SMILES string of the molecule is CCNC(CCCOC)Cc1cccc2ccccc12. The average Bonchev–Trinajstić information content (AvgIpc) is 2.48. The second-order valence-electron chi connectivity index (χ2n) is 5.23. The quantitative estimate of drug-likeness (QED) is 0.738. The van der Waals surface area contributed by atoms with E-state index in [1.54, 1.807) is 7.11 Å². The van der Waals surface area contributed by atoms with Gasteiger partial charge in [0.25, 0.3) is 0 Å². The summed E-state index contributed by atoms with van der Waals surface area (Å²) in [6.45, 7) is 4.03. The van der Waals surface area contributed by atoms with Gasteiger partial charge >= 0.3 is 0 Å². The van der Waals surface area contributed by atoms with Gasteiger partial charge in [-0.15, -0.1) is 0 Å². The van der Waals surface area contributed by atoms with Crippen molar-refractivity contribution < 1.29 is 4.74 Å². The molecule has 0 fully saturated rings. The highest BCUT2D eigenvalue weighted by atomic mass is 16.5. The van der Waals surface area contributed by atoms with Gasteiger partial charge in [0, 0.05) is 19.8 Å². The number of methoxy groups -OCH3 is 1. The van der Waals surface area contributed by atoms with Gasteiger partial charge in [0.15, 0.2) is 0 Å². The van der Waals surface area contributed by atoms with E-state index in [9.17, 15) is 0 Å². The van der Waals surface area contributed by atoms with Crippen LogP contribution in [0.4, 0.5) is 0 Å². The summed E-state index contributed by atoms with van der Waals surface area (Å²) in [6, 6.07) is 15.8. The fourth-order valence-corrected chi connectivity index (χ4v) is 2.77. The van der Waals surface area contributed by atoms with E-state index in [2.05, 4.69) is 54.7 Å². The summed E-state index contributed by atoms with van der Waals surface area (Å²) in [7, 11) is 1.77. The van der Waals surface area contributed by atoms with Gasteiger partial charge in [-0.05, 0) is 42.1 Å². The van der Waals surface area contributed by atoms with Crippen molar-refractivity contribution in [3.63, 3.8) is 0 Å². The van der Waals surface area contributed by atoms with Crippen molar-refractivity contribution in [3.05, 3.63) is 48.0 Å². The van der Waals surface area contributed by atoms with Crippen molar-refractivity contribution in [1.29, 1.82) is 0 Å². The zero-order chi connectivity index (χ0) is 14.2. The molecule has 0 aromatic heterocycles. The highest BCUT2D eigenvalue weighted by Crippen LogP contribution is 2.20. The minimum Gasteiger partial charge on any atom is -0.385 e. The summed E-state index contributed by atoms with van der Waals surface area (Å²) in [5, 5.41) is 6.31. The maximum absolute atomic E-state index is 5.16. The van der Waals surface area contributed by atoms with Gasteiger partial charge in [-0.3, -0.25) is 0 Å². The number of ether oxygens (including phenoxy) is 1. The van der Waals surface area contributed by atoms with Crippen molar-refractivity contribution in [1.82, 2.24) is 5.32 Å². The molecular formula is C18H25NO. The second-order valence-corrected chi connectivity index (χ2v) is 5.23. The van der Waals surface area contributed by atoms with Crippen molar-refractivity contribution in [2.75, 3.05) is 20.3 Å². The monoisotopic (exact) mass is 271 g/mol. The molecule has 1 atom stereocenters. The predicted octanol–water partition coefficient (Wildman–Crippen LogP) is 3.79. The lowest BCUT2D eigenvalue weighted by molar-refractivity contribution is 0.188. The Balaban J connectivity index is 2.11. The molecule has 2 rings (SSSR count). The van der Waals surface area contributed by atoms with E-state index < -0.39 is 0 Å². The van der Waals surface area contributed by atoms with Crippen LogP contribution in [-0.2, 0) is 11.2 Å². The smallest absolute Gasteiger partial charge is 0.0462 e. The standard InChI is InChI=1S/C18H25NO/c1-3-19-17(11-7-13-20-2)14-16-10-6-9-15-8-4-5-12-18(15)16/h4-6,8-10,12,17,19H,3,7,11,13-14H2,1-2H3. The summed E-state index contributed by atoms with van der Waals surface area (Å²) in [6.07, 6.45) is 3.35. The third-order valence-corrected chi connectivity index (χ3v) is 3.74. The van der Waals surface area contributed by atoms with Crippen LogP contribution in [-0.4, -0.2) is 26.3 Å². The molecule has 1 N–H and O–H groups in total. The molecule has 0 radical (unpaired) electrons. The molecule has 0 spiro atoms. The molecule has 0 aliphatic rings. The molecule has 0 aliphatic carbocycles. The van der Waals surface area contributed by atoms with Gasteiger partial charge in [-0.1, -0.05) is 49.4 Å². The summed E-state index contributed by atoms with van der Waals surface area (Å²) < 4.78 is 5.16. The Morgan fingerprint density at radius 2 is 1.90 bits per heavy atom. The molecule has 1 unspecified atom stereocenters. The number of hydrogen-bond acceptors (Lipinski definition) is 2. The topological polar surface area (TPSA) is 21.3 Å². The van der Waals surface area contributed by atoms with Crippen molar-refractivity contribution in [2.45, 2.75) is 32.2 Å². The summed E-state index contributed by atoms with van der Waals surface area (Å²) >= 11 is 0. The Morgan fingerprint density at radius 3 is 2.70 bits per heavy atom. The van der Waals surface area contributed by atoms with Crippen LogP contribution in [0.15, 0.2) is 42.5 Å². The third kappa shape index (κ3) is 4.06. The normalized spacial score (nSPS) is 12.7. The summed E-state index contributed by atoms with van der Waals surface area (Å²) in [5.41, 5.74) is 1.44. The van der Waals surface area contributed by atoms with Crippen LogP contribution in [0.3, 0.4) is 0 Å². The van der Waals surface area contributed by atoms with Gasteiger partial charge < -0.3 is 10.1 Å². The molecule has 2 nitrogen and oxygen atoms in total. The van der Waals surface area contributed by atoms with Crippen LogP contribution in [0.1, 0.15) is 25.3 Å². The molecule has 0 saturated heterocycles. The van der Waals surface area contributed by atoms with Gasteiger partial charge in [0.05, 0.1) is 0 Å². The van der Waals surface area contributed by atoms with Gasteiger partial charge in [-0.2, -0.15) is 0 Å². The molecule has 108 valence electrons. The average molecular weight is 271 g/mol. The van der Waals surface area contributed by atoms with Crippen LogP contribution in [0.5, 0.6) is 0 Å². The van der Waals surface area contributed by atoms with Crippen LogP contribution in [0.2, 0.25) is 0 Å². The second kappa shape index (κ2) is 8.03. The van der Waals surface area contributed by atoms with E-state index in [1.165, 1.54) is 16.3 Å². The van der Waals surface area contributed by atoms with Gasteiger partial charge in [0.1, 0.15) is 0 Å². The van der Waals surface area contributed by atoms with E-state index in [1.807, 2.05) is 0 Å². The molecule has 0 heterocycles. The molecule has 0 aliphatic heterocycles. The maximum Gasteiger partial charge on any atom is 0.0462 e. The first-order valence-corrected chi connectivity index (χ1v) is 7.54. The van der Waals surface area contributed by atoms with Gasteiger partial charge in [-0.25, -0.2) is 0 Å². The zero-order valence-electron chi connectivity index (χ0n) is 12.6. The van der Waals surface area contributed by atoms with Crippen LogP contribution in [0.25, 0.3) is 10.8 Å². The minimum absolute atomic E-state index is 0.529. The molecule has 0 amide bonds. The number of likely N-dealkylation sites (N-methyl/N-ethyl adjacent to an activating group) is 1. The molecule has 20 heavy (non-hydrogen) atoms. The molecule has 0 saturated carbocycles. The van der Waals surface area contributed by atoms with Crippen molar-refractivity contribution in [2.24, 2.45) is 0 Å². The molecule has 2 aromatic carbocycles. The highest BCUT2D eigenvalue weighted by Gasteiger charge is 2.10. The Hall–Kier alpha value is -1.38. The van der Waals surface area contributed by atoms with E-state index in [0.29, 0.717) is 6.04 Å². The Labute approximate surface area is 122 Å². The van der Waals surface area contributed by atoms with Crippen LogP contribution < -0.4 is 5.32 Å².